The van der Waals surface area contributed by atoms with Crippen molar-refractivity contribution in [1.82, 2.24) is 0 Å². The summed E-state index contributed by atoms with van der Waals surface area (Å²) in [6.45, 7) is 16.3. The van der Waals surface area contributed by atoms with Gasteiger partial charge in [-0.25, -0.2) is 0 Å². The Bertz CT molecular complexity index is 459. The van der Waals surface area contributed by atoms with Crippen LogP contribution in [0.2, 0.25) is 0 Å². The zero-order chi connectivity index (χ0) is 15.5. The molecule has 1 aliphatic heterocycles. The average Bonchev–Trinajstić information content (AvgIpc) is 2.82. The van der Waals surface area contributed by atoms with Gasteiger partial charge in [0.25, 0.3) is 0 Å². The molecule has 1 saturated heterocycles. The largest absolute Gasteiger partial charge is 0.381 e. The molecule has 0 aromatic heterocycles. The fourth-order valence-electron chi connectivity index (χ4n) is 4.59. The van der Waals surface area contributed by atoms with Crippen LogP contribution in [0, 0.1) is 16.2 Å². The molecule has 0 radical (unpaired) electrons. The summed E-state index contributed by atoms with van der Waals surface area (Å²) in [7, 11) is 0. The third-order valence-corrected chi connectivity index (χ3v) is 5.91. The van der Waals surface area contributed by atoms with E-state index in [1.807, 2.05) is 0 Å². The lowest BCUT2D eigenvalue weighted by Crippen LogP contribution is -2.27. The fourth-order valence-corrected chi connectivity index (χ4v) is 4.59. The lowest BCUT2D eigenvalue weighted by molar-refractivity contribution is 0.0212. The van der Waals surface area contributed by atoms with Gasteiger partial charge < -0.3 is 4.74 Å². The molecule has 1 saturated carbocycles. The summed E-state index contributed by atoms with van der Waals surface area (Å²) in [5.74, 6) is 0. The second-order valence-electron chi connectivity index (χ2n) is 9.56. The van der Waals surface area contributed by atoms with Gasteiger partial charge in [0.15, 0.2) is 0 Å². The van der Waals surface area contributed by atoms with E-state index in [2.05, 4.69) is 41.5 Å². The number of rotatable bonds is 0. The summed E-state index contributed by atoms with van der Waals surface area (Å²) < 4.78 is 5.63. The summed E-state index contributed by atoms with van der Waals surface area (Å²) in [6.07, 6.45) is 6.38. The maximum atomic E-state index is 5.63. The molecule has 1 nitrogen and oxygen atoms in total. The van der Waals surface area contributed by atoms with Gasteiger partial charge in [0, 0.05) is 13.2 Å². The topological polar surface area (TPSA) is 9.23 Å². The lowest BCUT2D eigenvalue weighted by Gasteiger charge is -2.34. The van der Waals surface area contributed by atoms with Crippen molar-refractivity contribution in [2.24, 2.45) is 16.2 Å². The number of fused-ring (bicyclic) bond motifs is 1. The van der Waals surface area contributed by atoms with Crippen LogP contribution in [-0.2, 0) is 4.74 Å². The van der Waals surface area contributed by atoms with Crippen LogP contribution in [0.15, 0.2) is 22.3 Å². The van der Waals surface area contributed by atoms with Gasteiger partial charge in [0.1, 0.15) is 0 Å². The predicted octanol–water partition coefficient (Wildman–Crippen LogP) is 5.67. The Kier molecular flexibility index (Phi) is 3.44. The van der Waals surface area contributed by atoms with E-state index in [4.69, 9.17) is 4.74 Å². The maximum Gasteiger partial charge on any atom is 0.0471 e. The highest BCUT2D eigenvalue weighted by molar-refractivity contribution is 5.54. The third kappa shape index (κ3) is 2.63. The molecule has 0 atom stereocenters. The second-order valence-corrected chi connectivity index (χ2v) is 9.56. The number of ether oxygens (including phenoxy) is 1. The van der Waals surface area contributed by atoms with E-state index in [1.165, 1.54) is 32.1 Å². The zero-order valence-corrected chi connectivity index (χ0v) is 14.9. The van der Waals surface area contributed by atoms with Crippen LogP contribution < -0.4 is 0 Å². The molecule has 3 rings (SSSR count). The van der Waals surface area contributed by atoms with Crippen LogP contribution in [0.3, 0.4) is 0 Å². The predicted molar refractivity (Wildman–Crippen MR) is 89.3 cm³/mol. The summed E-state index contributed by atoms with van der Waals surface area (Å²) >= 11 is 0. The van der Waals surface area contributed by atoms with Gasteiger partial charge in [-0.1, -0.05) is 52.7 Å². The first kappa shape index (κ1) is 15.3. The monoisotopic (exact) mass is 288 g/mol. The minimum atomic E-state index is 0.310. The van der Waals surface area contributed by atoms with Crippen LogP contribution in [0.4, 0.5) is 0 Å². The lowest BCUT2D eigenvalue weighted by atomic mass is 9.74. The molecular weight excluding hydrogens is 256 g/mol. The van der Waals surface area contributed by atoms with E-state index < -0.39 is 0 Å². The van der Waals surface area contributed by atoms with Crippen LogP contribution in [0.1, 0.15) is 73.6 Å². The van der Waals surface area contributed by atoms with E-state index in [0.29, 0.717) is 16.2 Å². The van der Waals surface area contributed by atoms with Gasteiger partial charge in [-0.3, -0.25) is 0 Å². The van der Waals surface area contributed by atoms with Crippen molar-refractivity contribution < 1.29 is 4.74 Å². The molecule has 1 spiro atoms. The van der Waals surface area contributed by atoms with Crippen LogP contribution in [-0.4, -0.2) is 13.2 Å². The van der Waals surface area contributed by atoms with Crippen LogP contribution in [0.25, 0.3) is 0 Å². The summed E-state index contributed by atoms with van der Waals surface area (Å²) in [6, 6.07) is 0. The van der Waals surface area contributed by atoms with E-state index in [1.54, 1.807) is 22.3 Å². The van der Waals surface area contributed by atoms with Crippen molar-refractivity contribution in [3.8, 4) is 0 Å². The van der Waals surface area contributed by atoms with E-state index in [9.17, 15) is 0 Å². The summed E-state index contributed by atoms with van der Waals surface area (Å²) in [5, 5.41) is 0. The molecule has 118 valence electrons. The van der Waals surface area contributed by atoms with Crippen molar-refractivity contribution in [2.45, 2.75) is 73.6 Å². The first-order valence-corrected chi connectivity index (χ1v) is 8.66. The highest BCUT2D eigenvalue weighted by Crippen LogP contribution is 2.60. The molecule has 0 aromatic rings. The van der Waals surface area contributed by atoms with E-state index in [0.717, 1.165) is 13.2 Å². The maximum absolute atomic E-state index is 5.63. The number of hydrogen-bond donors (Lipinski definition) is 0. The van der Waals surface area contributed by atoms with Gasteiger partial charge in [0.2, 0.25) is 0 Å². The molecule has 0 bridgehead atoms. The normalized spacial score (nSPS) is 26.0. The molecular formula is C20H32O. The molecule has 2 fully saturated rings. The molecule has 0 unspecified atom stereocenters. The fraction of sp³-hybridized carbons (Fsp3) is 0.800. The van der Waals surface area contributed by atoms with Gasteiger partial charge >= 0.3 is 0 Å². The van der Waals surface area contributed by atoms with Gasteiger partial charge in [-0.05, 0) is 59.5 Å². The highest BCUT2D eigenvalue weighted by atomic mass is 16.5. The van der Waals surface area contributed by atoms with Crippen molar-refractivity contribution in [1.29, 1.82) is 0 Å². The van der Waals surface area contributed by atoms with Gasteiger partial charge in [-0.2, -0.15) is 0 Å². The van der Waals surface area contributed by atoms with Crippen molar-refractivity contribution in [3.05, 3.63) is 22.3 Å². The standard InChI is InChI=1S/C20H32O/c1-18(2,3)16-11-17(19(4,5)6)15-13-20(12-14(15)16)7-9-21-10-8-20/h7-13H2,1-6H3. The molecule has 2 aliphatic carbocycles. The highest BCUT2D eigenvalue weighted by Gasteiger charge is 2.47. The van der Waals surface area contributed by atoms with Crippen molar-refractivity contribution in [3.63, 3.8) is 0 Å². The summed E-state index contributed by atoms with van der Waals surface area (Å²) in [4.78, 5) is 0. The Balaban J connectivity index is 2.03. The zero-order valence-electron chi connectivity index (χ0n) is 14.9. The molecule has 1 heterocycles. The quantitative estimate of drug-likeness (QED) is 0.558. The second kappa shape index (κ2) is 4.72. The molecule has 0 amide bonds. The Hall–Kier alpha value is -0.560. The first-order valence-electron chi connectivity index (χ1n) is 8.66. The smallest absolute Gasteiger partial charge is 0.0471 e. The van der Waals surface area contributed by atoms with Crippen molar-refractivity contribution >= 4 is 0 Å². The summed E-state index contributed by atoms with van der Waals surface area (Å²) in [5.41, 5.74) is 8.09. The first-order chi connectivity index (χ1) is 9.62. The van der Waals surface area contributed by atoms with E-state index in [-0.39, 0.29) is 0 Å². The Labute approximate surface area is 130 Å². The minimum absolute atomic E-state index is 0.310. The molecule has 3 aliphatic rings. The molecule has 0 N–H and O–H groups in total. The third-order valence-electron chi connectivity index (χ3n) is 5.91. The Morgan fingerprint density at radius 1 is 0.762 bits per heavy atom. The molecule has 0 aromatic carbocycles. The number of hydrogen-bond acceptors (Lipinski definition) is 1. The molecule has 21 heavy (non-hydrogen) atoms. The average molecular weight is 288 g/mol. The SMILES string of the molecule is CC(C)(C)C1=C2CC3(CCOCC3)CC2=C(C(C)(C)C)C1. The Morgan fingerprint density at radius 3 is 1.57 bits per heavy atom. The van der Waals surface area contributed by atoms with E-state index >= 15 is 0 Å². The van der Waals surface area contributed by atoms with Crippen LogP contribution in [0.5, 0.6) is 0 Å². The minimum Gasteiger partial charge on any atom is -0.381 e. The van der Waals surface area contributed by atoms with Crippen LogP contribution >= 0.6 is 0 Å². The van der Waals surface area contributed by atoms with Gasteiger partial charge in [0.05, 0.1) is 0 Å². The van der Waals surface area contributed by atoms with Crippen molar-refractivity contribution in [2.75, 3.05) is 13.2 Å². The number of allylic oxidation sites excluding steroid dienone is 4. The van der Waals surface area contributed by atoms with Gasteiger partial charge in [-0.15, -0.1) is 0 Å². The molecule has 1 heteroatoms. The Morgan fingerprint density at radius 2 is 1.19 bits per heavy atom.